The third kappa shape index (κ3) is 9.19. The van der Waals surface area contributed by atoms with Crippen LogP contribution in [0.2, 0.25) is 0 Å². The van der Waals surface area contributed by atoms with Crippen LogP contribution in [0.5, 0.6) is 0 Å². The molecule has 10 rings (SSSR count). The minimum Gasteiger partial charge on any atom is -0.454 e. The summed E-state index contributed by atoms with van der Waals surface area (Å²) in [4.78, 5) is 4.00. The summed E-state index contributed by atoms with van der Waals surface area (Å²) in [5.41, 5.74) is 9.02. The maximum Gasteiger partial charge on any atom is 0.416 e. The summed E-state index contributed by atoms with van der Waals surface area (Å²) in [5, 5.41) is 6.13. The summed E-state index contributed by atoms with van der Waals surface area (Å²) in [6.07, 6.45) is 7.29. The number of furan rings is 2. The summed E-state index contributed by atoms with van der Waals surface area (Å²) < 4.78 is 99.8. The lowest BCUT2D eigenvalue weighted by Crippen LogP contribution is -2.17. The van der Waals surface area contributed by atoms with Crippen molar-refractivity contribution in [2.45, 2.75) is 105 Å². The molecule has 1 aliphatic carbocycles. The van der Waals surface area contributed by atoms with Gasteiger partial charge in [0.25, 0.3) is 0 Å². The molecular formula is C66H60F6N2O2. The van der Waals surface area contributed by atoms with E-state index in [4.69, 9.17) is 8.83 Å². The first kappa shape index (κ1) is 51.8. The minimum atomic E-state index is -4.55. The van der Waals surface area contributed by atoms with Crippen LogP contribution in [-0.2, 0) is 6.18 Å². The molecule has 10 heteroatoms. The predicted molar refractivity (Wildman–Crippen MR) is 304 cm³/mol. The van der Waals surface area contributed by atoms with Crippen molar-refractivity contribution in [3.05, 3.63) is 191 Å². The standard InChI is InChI=1S/C66H60F6N2O2/c1-8-19-50-52-24-17-27-58(63(52)75-61(50)40(6)9-2)74(48-35-32-46(33-36-48)66(70,71)72)55-38-30-44-28-37-54-56(39-29-42(10-3)60(54)59(44)41(55)7)73(47(12-5)34-31-45(11-4)65(67,68)69)57-26-18-25-53-51-23-16-22-49(62(51)76-64(53)57)43-20-14-13-15-21-43/h8-10,16-19,22-39,43H,3,11-15,20-21H2,1-2,4-7H3/b19-8-,40-9-,45-31+,47-34+. The second kappa shape index (κ2) is 20.8. The number of fused-ring (bicyclic) bond motifs is 7. The van der Waals surface area contributed by atoms with E-state index in [-0.39, 0.29) is 6.42 Å². The van der Waals surface area contributed by atoms with Crippen molar-refractivity contribution in [3.8, 4) is 0 Å². The average Bonchev–Trinajstić information content (AvgIpc) is 4.01. The third-order valence-electron chi connectivity index (χ3n) is 15.3. The van der Waals surface area contributed by atoms with Crippen molar-refractivity contribution < 1.29 is 35.2 Å². The Kier molecular flexibility index (Phi) is 14.1. The maximum absolute atomic E-state index is 14.5. The lowest BCUT2D eigenvalue weighted by Gasteiger charge is -2.30. The lowest BCUT2D eigenvalue weighted by molar-refractivity contribution is -0.137. The molecule has 0 amide bonds. The molecule has 388 valence electrons. The molecule has 76 heavy (non-hydrogen) atoms. The third-order valence-corrected chi connectivity index (χ3v) is 15.3. The zero-order valence-electron chi connectivity index (χ0n) is 43.6. The number of hydrogen-bond acceptors (Lipinski definition) is 4. The highest BCUT2D eigenvalue weighted by Gasteiger charge is 2.33. The topological polar surface area (TPSA) is 32.8 Å². The number of alkyl halides is 6. The van der Waals surface area contributed by atoms with Crippen molar-refractivity contribution in [1.29, 1.82) is 0 Å². The molecular weight excluding hydrogens is 967 g/mol. The fraction of sp³-hybridized carbons (Fsp3) is 0.242. The van der Waals surface area contributed by atoms with Gasteiger partial charge in [-0.15, -0.1) is 0 Å². The number of nitrogens with zero attached hydrogens (tertiary/aromatic N) is 2. The molecule has 0 spiro atoms. The number of hydrogen-bond donors (Lipinski definition) is 0. The van der Waals surface area contributed by atoms with Gasteiger partial charge in [-0.25, -0.2) is 0 Å². The SMILES string of the molecule is C=Cc1ccc(N(/C(=C/C=C(\CC)C(F)(F)F)CC)c2cccc3c2oc2c(C4CCCCC4)cccc23)c2ccc3ccc(N(c4ccc(C(F)(F)F)cc4)c4cccc5c(/C=C\C)c(/C(C)=C\C)oc45)c(C)c3c12. The molecule has 2 aromatic heterocycles. The molecule has 1 saturated carbocycles. The first-order chi connectivity index (χ1) is 36.6. The van der Waals surface area contributed by atoms with Crippen LogP contribution in [0.1, 0.15) is 119 Å². The fourth-order valence-electron chi connectivity index (χ4n) is 11.4. The van der Waals surface area contributed by atoms with Crippen LogP contribution in [0.4, 0.5) is 54.8 Å². The van der Waals surface area contributed by atoms with Crippen molar-refractivity contribution in [1.82, 2.24) is 0 Å². The van der Waals surface area contributed by atoms with Gasteiger partial charge in [-0.05, 0) is 152 Å². The molecule has 0 atom stereocenters. The zero-order chi connectivity index (χ0) is 53.6. The molecule has 0 aliphatic heterocycles. The van der Waals surface area contributed by atoms with E-state index in [0.717, 1.165) is 103 Å². The van der Waals surface area contributed by atoms with Crippen molar-refractivity contribution in [2.24, 2.45) is 0 Å². The fourth-order valence-corrected chi connectivity index (χ4v) is 11.4. The second-order valence-electron chi connectivity index (χ2n) is 19.7. The highest BCUT2D eigenvalue weighted by Crippen LogP contribution is 2.50. The monoisotopic (exact) mass is 1030 g/mol. The van der Waals surface area contributed by atoms with Gasteiger partial charge in [0.15, 0.2) is 11.2 Å². The van der Waals surface area contributed by atoms with E-state index in [1.54, 1.807) is 12.2 Å². The summed E-state index contributed by atoms with van der Waals surface area (Å²) in [7, 11) is 0. The molecule has 0 bridgehead atoms. The molecule has 7 aromatic carbocycles. The van der Waals surface area contributed by atoms with Gasteiger partial charge in [0.1, 0.15) is 11.3 Å². The number of rotatable bonds is 13. The lowest BCUT2D eigenvalue weighted by atomic mass is 9.83. The smallest absolute Gasteiger partial charge is 0.416 e. The number of para-hydroxylation sites is 3. The molecule has 1 fully saturated rings. The Morgan fingerprint density at radius 1 is 0.658 bits per heavy atom. The Balaban J connectivity index is 1.26. The van der Waals surface area contributed by atoms with E-state index in [1.165, 1.54) is 37.1 Å². The number of anilines is 5. The van der Waals surface area contributed by atoms with Gasteiger partial charge >= 0.3 is 12.4 Å². The Bertz CT molecular complexity index is 3820. The maximum atomic E-state index is 14.5. The minimum absolute atomic E-state index is 0.198. The molecule has 0 unspecified atom stereocenters. The van der Waals surface area contributed by atoms with Crippen molar-refractivity contribution >= 4 is 101 Å². The van der Waals surface area contributed by atoms with Gasteiger partial charge in [0.2, 0.25) is 0 Å². The van der Waals surface area contributed by atoms with Crippen LogP contribution >= 0.6 is 0 Å². The van der Waals surface area contributed by atoms with E-state index in [2.05, 4.69) is 24.8 Å². The van der Waals surface area contributed by atoms with E-state index in [9.17, 15) is 26.3 Å². The van der Waals surface area contributed by atoms with Crippen LogP contribution in [-0.4, -0.2) is 6.18 Å². The number of benzene rings is 7. The molecule has 9 aromatic rings. The molecule has 0 radical (unpaired) electrons. The van der Waals surface area contributed by atoms with E-state index in [0.29, 0.717) is 63.4 Å². The Morgan fingerprint density at radius 2 is 1.32 bits per heavy atom. The zero-order valence-corrected chi connectivity index (χ0v) is 43.6. The molecule has 0 saturated heterocycles. The largest absolute Gasteiger partial charge is 0.454 e. The van der Waals surface area contributed by atoms with Crippen LogP contribution in [0.3, 0.4) is 0 Å². The van der Waals surface area contributed by atoms with Gasteiger partial charge in [0.05, 0.1) is 22.6 Å². The van der Waals surface area contributed by atoms with E-state index >= 15 is 0 Å². The number of allylic oxidation sites excluding steroid dienone is 7. The van der Waals surface area contributed by atoms with Crippen LogP contribution in [0.15, 0.2) is 166 Å². The summed E-state index contributed by atoms with van der Waals surface area (Å²) in [6.45, 7) is 15.6. The highest BCUT2D eigenvalue weighted by molar-refractivity contribution is 6.19. The van der Waals surface area contributed by atoms with Gasteiger partial charge in [-0.2, -0.15) is 26.3 Å². The number of aryl methyl sites for hydroxylation is 1. The Labute approximate surface area is 439 Å². The van der Waals surface area contributed by atoms with Crippen LogP contribution < -0.4 is 9.80 Å². The first-order valence-corrected chi connectivity index (χ1v) is 26.2. The van der Waals surface area contributed by atoms with Crippen molar-refractivity contribution in [3.63, 3.8) is 0 Å². The molecule has 2 heterocycles. The van der Waals surface area contributed by atoms with Gasteiger partial charge in [-0.1, -0.05) is 137 Å². The normalized spacial score (nSPS) is 14.6. The number of halogens is 6. The Hall–Kier alpha value is -7.72. The van der Waals surface area contributed by atoms with Gasteiger partial charge < -0.3 is 18.6 Å². The molecule has 1 aliphatic rings. The Morgan fingerprint density at radius 3 is 1.97 bits per heavy atom. The summed E-state index contributed by atoms with van der Waals surface area (Å²) in [6, 6.07) is 35.4. The van der Waals surface area contributed by atoms with Gasteiger partial charge in [-0.3, -0.25) is 0 Å². The molecule has 4 nitrogen and oxygen atoms in total. The first-order valence-electron chi connectivity index (χ1n) is 26.2. The van der Waals surface area contributed by atoms with E-state index in [1.807, 2.05) is 135 Å². The summed E-state index contributed by atoms with van der Waals surface area (Å²) in [5.74, 6) is 1.05. The summed E-state index contributed by atoms with van der Waals surface area (Å²) >= 11 is 0. The second-order valence-corrected chi connectivity index (χ2v) is 19.7. The molecule has 0 N–H and O–H groups in total. The van der Waals surface area contributed by atoms with Crippen LogP contribution in [0.25, 0.3) is 72.2 Å². The predicted octanol–water partition coefficient (Wildman–Crippen LogP) is 21.9. The van der Waals surface area contributed by atoms with Crippen LogP contribution in [0, 0.1) is 6.92 Å². The average molecular weight is 1030 g/mol. The highest BCUT2D eigenvalue weighted by atomic mass is 19.4. The quantitative estimate of drug-likeness (QED) is 0.0654. The van der Waals surface area contributed by atoms with Gasteiger partial charge in [0, 0.05) is 49.8 Å². The van der Waals surface area contributed by atoms with E-state index < -0.39 is 23.5 Å². The van der Waals surface area contributed by atoms with Crippen molar-refractivity contribution in [2.75, 3.05) is 9.80 Å².